The molecule has 1 aromatic rings. The van der Waals surface area contributed by atoms with Gasteiger partial charge >= 0.3 is 0 Å². The minimum atomic E-state index is 0.666. The summed E-state index contributed by atoms with van der Waals surface area (Å²) in [4.78, 5) is 0.666. The van der Waals surface area contributed by atoms with Crippen molar-refractivity contribution < 1.29 is 0 Å². The summed E-state index contributed by atoms with van der Waals surface area (Å²) in [6.07, 6.45) is 5.54. The number of hydrogen-bond acceptors (Lipinski definition) is 1. The zero-order valence-electron chi connectivity index (χ0n) is 6.55. The quantitative estimate of drug-likeness (QED) is 0.602. The maximum Gasteiger partial charge on any atom is 0.0524 e. The molecule has 0 bridgehead atoms. The molecule has 0 radical (unpaired) electrons. The van der Waals surface area contributed by atoms with Gasteiger partial charge in [-0.25, -0.2) is 0 Å². The Bertz CT molecular complexity index is 267. The molecule has 3 heteroatoms. The van der Waals surface area contributed by atoms with E-state index in [1.165, 1.54) is 24.1 Å². The van der Waals surface area contributed by atoms with E-state index in [9.17, 15) is 0 Å². The Morgan fingerprint density at radius 2 is 2.55 bits per heavy atom. The molecule has 0 fully saturated rings. The van der Waals surface area contributed by atoms with Gasteiger partial charge in [0, 0.05) is 17.6 Å². The van der Waals surface area contributed by atoms with Crippen LogP contribution in [0.15, 0.2) is 6.20 Å². The lowest BCUT2D eigenvalue weighted by Crippen LogP contribution is -2.14. The molecule has 0 spiro atoms. The minimum Gasteiger partial charge on any atom is -0.272 e. The van der Waals surface area contributed by atoms with Crippen molar-refractivity contribution in [3.8, 4) is 0 Å². The molecular weight excluding hydrogens is 204 g/mol. The zero-order valence-corrected chi connectivity index (χ0v) is 8.13. The van der Waals surface area contributed by atoms with Gasteiger partial charge in [-0.05, 0) is 24.8 Å². The van der Waals surface area contributed by atoms with Crippen molar-refractivity contribution in [2.75, 3.05) is 0 Å². The van der Waals surface area contributed by atoms with Gasteiger partial charge in [0.2, 0.25) is 0 Å². The Labute approximate surface area is 74.7 Å². The summed E-state index contributed by atoms with van der Waals surface area (Å²) in [7, 11) is 2.02. The molecule has 0 aromatic carbocycles. The summed E-state index contributed by atoms with van der Waals surface area (Å²) in [6.45, 7) is 0. The molecule has 1 heterocycles. The van der Waals surface area contributed by atoms with E-state index < -0.39 is 0 Å². The summed E-state index contributed by atoms with van der Waals surface area (Å²) < 4.78 is 1.99. The predicted octanol–water partition coefficient (Wildman–Crippen LogP) is 1.67. The van der Waals surface area contributed by atoms with Gasteiger partial charge in [-0.2, -0.15) is 5.10 Å². The van der Waals surface area contributed by atoms with Gasteiger partial charge in [0.25, 0.3) is 0 Å². The summed E-state index contributed by atoms with van der Waals surface area (Å²) in [5.41, 5.74) is 2.83. The monoisotopic (exact) mass is 214 g/mol. The number of aryl methyl sites for hydroxylation is 1. The Morgan fingerprint density at radius 1 is 1.73 bits per heavy atom. The number of fused-ring (bicyclic) bond motifs is 1. The Balaban J connectivity index is 2.36. The average Bonchev–Trinajstić information content (AvgIpc) is 2.32. The van der Waals surface area contributed by atoms with E-state index in [2.05, 4.69) is 21.0 Å². The maximum absolute atomic E-state index is 4.23. The van der Waals surface area contributed by atoms with Crippen LogP contribution in [0.1, 0.15) is 17.7 Å². The van der Waals surface area contributed by atoms with Gasteiger partial charge in [-0.15, -0.1) is 0 Å². The lowest BCUT2D eigenvalue weighted by Gasteiger charge is -2.16. The molecule has 1 aliphatic carbocycles. The van der Waals surface area contributed by atoms with Crippen molar-refractivity contribution in [1.82, 2.24) is 9.78 Å². The van der Waals surface area contributed by atoms with Crippen molar-refractivity contribution in [2.24, 2.45) is 7.05 Å². The smallest absolute Gasteiger partial charge is 0.0524 e. The van der Waals surface area contributed by atoms with Crippen molar-refractivity contribution in [3.05, 3.63) is 17.5 Å². The maximum atomic E-state index is 4.23. The standard InChI is InChI=1S/C8H11BrN2/c1-11-8-3-2-7(9)4-6(8)5-10-11/h5,7H,2-4H2,1H3/t7-/m0/s1. The highest BCUT2D eigenvalue weighted by atomic mass is 79.9. The van der Waals surface area contributed by atoms with E-state index in [4.69, 9.17) is 0 Å². The highest BCUT2D eigenvalue weighted by Gasteiger charge is 2.18. The van der Waals surface area contributed by atoms with Crippen LogP contribution in [0.2, 0.25) is 0 Å². The fraction of sp³-hybridized carbons (Fsp3) is 0.625. The van der Waals surface area contributed by atoms with E-state index in [1.54, 1.807) is 0 Å². The molecule has 0 saturated carbocycles. The molecule has 2 rings (SSSR count). The first-order valence-electron chi connectivity index (χ1n) is 3.91. The number of halogens is 1. The summed E-state index contributed by atoms with van der Waals surface area (Å²) in [5, 5.41) is 4.23. The second-order valence-corrected chi connectivity index (χ2v) is 4.38. The van der Waals surface area contributed by atoms with Crippen LogP contribution in [0.4, 0.5) is 0 Å². The van der Waals surface area contributed by atoms with Gasteiger partial charge in [-0.3, -0.25) is 4.68 Å². The second kappa shape index (κ2) is 2.63. The first-order chi connectivity index (χ1) is 5.27. The molecule has 0 saturated heterocycles. The van der Waals surface area contributed by atoms with Gasteiger partial charge < -0.3 is 0 Å². The van der Waals surface area contributed by atoms with Crippen LogP contribution in [0.5, 0.6) is 0 Å². The largest absolute Gasteiger partial charge is 0.272 e. The van der Waals surface area contributed by atoms with Crippen LogP contribution in [-0.4, -0.2) is 14.6 Å². The van der Waals surface area contributed by atoms with Gasteiger partial charge in [0.1, 0.15) is 0 Å². The van der Waals surface area contributed by atoms with Crippen LogP contribution in [0.3, 0.4) is 0 Å². The first-order valence-corrected chi connectivity index (χ1v) is 4.83. The van der Waals surface area contributed by atoms with Crippen LogP contribution < -0.4 is 0 Å². The van der Waals surface area contributed by atoms with Crippen LogP contribution in [-0.2, 0) is 19.9 Å². The SMILES string of the molecule is Cn1ncc2c1CC[C@H](Br)C2. The molecule has 0 amide bonds. The molecule has 2 nitrogen and oxygen atoms in total. The van der Waals surface area contributed by atoms with Crippen LogP contribution in [0.25, 0.3) is 0 Å². The fourth-order valence-corrected chi connectivity index (χ4v) is 2.21. The minimum absolute atomic E-state index is 0.666. The predicted molar refractivity (Wildman–Crippen MR) is 47.9 cm³/mol. The van der Waals surface area contributed by atoms with Gasteiger partial charge in [-0.1, -0.05) is 15.9 Å². The molecule has 60 valence electrons. The third-order valence-corrected chi connectivity index (χ3v) is 3.07. The highest BCUT2D eigenvalue weighted by Crippen LogP contribution is 2.24. The summed E-state index contributed by atoms with van der Waals surface area (Å²) >= 11 is 3.63. The average molecular weight is 215 g/mol. The van der Waals surface area contributed by atoms with Crippen LogP contribution >= 0.6 is 15.9 Å². The molecular formula is C8H11BrN2. The fourth-order valence-electron chi connectivity index (χ4n) is 1.64. The van der Waals surface area contributed by atoms with Crippen molar-refractivity contribution in [3.63, 3.8) is 0 Å². The topological polar surface area (TPSA) is 17.8 Å². The zero-order chi connectivity index (χ0) is 7.84. The first kappa shape index (κ1) is 7.35. The van der Waals surface area contributed by atoms with E-state index in [-0.39, 0.29) is 0 Å². The Hall–Kier alpha value is -0.310. The van der Waals surface area contributed by atoms with Crippen molar-refractivity contribution in [2.45, 2.75) is 24.1 Å². The van der Waals surface area contributed by atoms with Crippen molar-refractivity contribution in [1.29, 1.82) is 0 Å². The Kier molecular flexibility index (Phi) is 1.75. The van der Waals surface area contributed by atoms with Gasteiger partial charge in [0.15, 0.2) is 0 Å². The van der Waals surface area contributed by atoms with E-state index in [0.29, 0.717) is 4.83 Å². The summed E-state index contributed by atoms with van der Waals surface area (Å²) in [5.74, 6) is 0. The molecule has 1 aliphatic rings. The highest BCUT2D eigenvalue weighted by molar-refractivity contribution is 9.09. The Morgan fingerprint density at radius 3 is 3.36 bits per heavy atom. The number of rotatable bonds is 0. The number of hydrogen-bond donors (Lipinski definition) is 0. The summed E-state index contributed by atoms with van der Waals surface area (Å²) in [6, 6.07) is 0. The van der Waals surface area contributed by atoms with E-state index in [1.807, 2.05) is 17.9 Å². The third kappa shape index (κ3) is 1.22. The second-order valence-electron chi connectivity index (χ2n) is 3.08. The molecule has 1 aromatic heterocycles. The number of aromatic nitrogens is 2. The third-order valence-electron chi connectivity index (χ3n) is 2.28. The van der Waals surface area contributed by atoms with Crippen LogP contribution in [0, 0.1) is 0 Å². The molecule has 0 unspecified atom stereocenters. The molecule has 0 N–H and O–H groups in total. The number of nitrogens with zero attached hydrogens (tertiary/aromatic N) is 2. The lowest BCUT2D eigenvalue weighted by atomic mass is 9.98. The number of alkyl halides is 1. The molecule has 1 atom stereocenters. The lowest BCUT2D eigenvalue weighted by molar-refractivity contribution is 0.640. The van der Waals surface area contributed by atoms with E-state index in [0.717, 1.165) is 6.42 Å². The normalized spacial score (nSPS) is 23.3. The van der Waals surface area contributed by atoms with Crippen molar-refractivity contribution >= 4 is 15.9 Å². The van der Waals surface area contributed by atoms with E-state index >= 15 is 0 Å². The molecule has 11 heavy (non-hydrogen) atoms. The van der Waals surface area contributed by atoms with Gasteiger partial charge in [0.05, 0.1) is 6.20 Å². The molecule has 0 aliphatic heterocycles.